The van der Waals surface area contributed by atoms with Crippen LogP contribution in [0.3, 0.4) is 0 Å². The highest BCUT2D eigenvalue weighted by Crippen LogP contribution is 2.32. The maximum Gasteiger partial charge on any atom is 0.250 e. The van der Waals surface area contributed by atoms with Gasteiger partial charge < -0.3 is 78.7 Å². The largest absolute Gasteiger partial charge is 0.388 e. The minimum Gasteiger partial charge on any atom is -0.388 e. The molecule has 2 aliphatic heterocycles. The van der Waals surface area contributed by atoms with Gasteiger partial charge in [0.2, 0.25) is 0 Å². The van der Waals surface area contributed by atoms with E-state index in [0.717, 1.165) is 0 Å². The van der Waals surface area contributed by atoms with Gasteiger partial charge in [-0.1, -0.05) is 0 Å². The summed E-state index contributed by atoms with van der Waals surface area (Å²) in [4.78, 5) is 12.7. The Hall–Kier alpha value is -1.09. The number of nitrogens with one attached hydrogen (secondary N) is 2. The van der Waals surface area contributed by atoms with Gasteiger partial charge in [0.25, 0.3) is 5.91 Å². The predicted molar refractivity (Wildman–Crippen MR) is 137 cm³/mol. The Morgan fingerprint density at radius 3 is 2.38 bits per heavy atom. The monoisotopic (exact) mass is 565 g/mol. The van der Waals surface area contributed by atoms with E-state index in [1.807, 2.05) is 0 Å². The number of rotatable bonds is 10. The maximum absolute atomic E-state index is 12.7. The van der Waals surface area contributed by atoms with Crippen molar-refractivity contribution in [1.29, 1.82) is 0 Å². The Kier molecular flexibility index (Phi) is 11.4. The molecule has 0 unspecified atom stereocenters. The third kappa shape index (κ3) is 7.41. The van der Waals surface area contributed by atoms with E-state index in [2.05, 4.69) is 10.6 Å². The van der Waals surface area contributed by atoms with Gasteiger partial charge in [0.15, 0.2) is 12.6 Å². The summed E-state index contributed by atoms with van der Waals surface area (Å²) in [5.41, 5.74) is 28.1. The molecule has 1 saturated carbocycles. The second kappa shape index (κ2) is 13.7. The van der Waals surface area contributed by atoms with Gasteiger partial charge in [-0.3, -0.25) is 4.79 Å². The average Bonchev–Trinajstić information content (AvgIpc) is 2.89. The molecule has 0 radical (unpaired) electrons. The lowest BCUT2D eigenvalue weighted by Gasteiger charge is -2.49. The number of ether oxygens (including phenoxy) is 4. The van der Waals surface area contributed by atoms with Crippen LogP contribution < -0.4 is 39.3 Å². The zero-order valence-corrected chi connectivity index (χ0v) is 22.5. The molecule has 39 heavy (non-hydrogen) atoms. The van der Waals surface area contributed by atoms with Crippen LogP contribution in [0.4, 0.5) is 0 Å². The molecule has 2 saturated heterocycles. The molecule has 2 heterocycles. The summed E-state index contributed by atoms with van der Waals surface area (Å²) in [7, 11) is 1.57. The van der Waals surface area contributed by atoms with Crippen molar-refractivity contribution in [3.63, 3.8) is 0 Å². The first-order valence-corrected chi connectivity index (χ1v) is 13.3. The van der Waals surface area contributed by atoms with Gasteiger partial charge in [-0.2, -0.15) is 0 Å². The van der Waals surface area contributed by atoms with Crippen LogP contribution in [-0.4, -0.2) is 138 Å². The summed E-state index contributed by atoms with van der Waals surface area (Å²) in [6.45, 7) is 1.44. The first-order chi connectivity index (χ1) is 18.3. The normalized spacial score (nSPS) is 44.9. The molecule has 16 heteroatoms. The topological polar surface area (TPSA) is 289 Å². The van der Waals surface area contributed by atoms with Crippen molar-refractivity contribution in [2.24, 2.45) is 28.7 Å². The summed E-state index contributed by atoms with van der Waals surface area (Å²) in [5.74, 6) is -0.838. The first-order valence-electron chi connectivity index (χ1n) is 13.3. The van der Waals surface area contributed by atoms with Crippen molar-refractivity contribution in [2.75, 3.05) is 26.7 Å². The molecule has 3 fully saturated rings. The molecule has 1 amide bonds. The quantitative estimate of drug-likeness (QED) is 0.117. The van der Waals surface area contributed by atoms with E-state index in [9.17, 15) is 25.2 Å². The summed E-state index contributed by atoms with van der Waals surface area (Å²) < 4.78 is 23.6. The highest BCUT2D eigenvalue weighted by atomic mass is 16.7. The fourth-order valence-corrected chi connectivity index (χ4v) is 5.38. The van der Waals surface area contributed by atoms with Crippen molar-refractivity contribution in [1.82, 2.24) is 10.6 Å². The Balaban J connectivity index is 1.83. The zero-order valence-electron chi connectivity index (χ0n) is 22.5. The van der Waals surface area contributed by atoms with Crippen molar-refractivity contribution < 1.29 is 44.2 Å². The smallest absolute Gasteiger partial charge is 0.250 e. The van der Waals surface area contributed by atoms with Crippen LogP contribution in [0.15, 0.2) is 0 Å². The molecule has 228 valence electrons. The Morgan fingerprint density at radius 2 is 1.77 bits per heavy atom. The number of carbonyl (C=O) groups excluding carboxylic acids is 1. The van der Waals surface area contributed by atoms with E-state index in [4.69, 9.17) is 47.6 Å². The molecule has 14 atom stereocenters. The Labute approximate surface area is 227 Å². The lowest BCUT2D eigenvalue weighted by Crippen LogP contribution is -2.70. The van der Waals surface area contributed by atoms with Gasteiger partial charge in [-0.05, 0) is 33.2 Å². The molecular weight excluding hydrogens is 518 g/mol. The van der Waals surface area contributed by atoms with E-state index in [0.29, 0.717) is 12.8 Å². The minimum atomic E-state index is -1.62. The number of amides is 1. The van der Waals surface area contributed by atoms with E-state index < -0.39 is 84.8 Å². The molecule has 16 nitrogen and oxygen atoms in total. The molecule has 1 aliphatic carbocycles. The number of hydrogen-bond donors (Lipinski definition) is 11. The summed E-state index contributed by atoms with van der Waals surface area (Å²) in [5, 5.41) is 48.6. The standard InChI is InChI=1S/C23H47N7O9/c1-23(35)8-36-22(16(33)19(23)29-2)39-18-13(30-20(34)14(31)12(28)7-25)5-11(27)17(15(18)32)38-21-10(26)4-3-9(6-24)37-21/h9-19,21-22,29,31-33,35H,3-8,24-28H2,1-2H3,(H,30,34)/t9-,10+,11-,12+,13+,14-,15+,16+,17+,18-,19+,21+,22+,23-/m0/s1. The molecule has 16 N–H and O–H groups in total. The van der Waals surface area contributed by atoms with Crippen molar-refractivity contribution in [2.45, 2.75) is 111 Å². The Bertz CT molecular complexity index is 799. The molecule has 0 spiro atoms. The average molecular weight is 566 g/mol. The molecule has 0 bridgehead atoms. The van der Waals surface area contributed by atoms with E-state index in [1.54, 1.807) is 7.05 Å². The van der Waals surface area contributed by atoms with Crippen LogP contribution in [0.2, 0.25) is 0 Å². The van der Waals surface area contributed by atoms with Gasteiger partial charge in [-0.15, -0.1) is 0 Å². The van der Waals surface area contributed by atoms with Crippen LogP contribution in [0.1, 0.15) is 26.2 Å². The number of carbonyl (C=O) groups is 1. The van der Waals surface area contributed by atoms with E-state index in [-0.39, 0.29) is 32.2 Å². The minimum absolute atomic E-state index is 0.0426. The zero-order chi connectivity index (χ0) is 29.1. The molecular formula is C23H47N7O9. The summed E-state index contributed by atoms with van der Waals surface area (Å²) in [6.07, 6.45) is -7.88. The molecule has 0 aromatic heterocycles. The van der Waals surface area contributed by atoms with Crippen LogP contribution >= 0.6 is 0 Å². The predicted octanol–water partition coefficient (Wildman–Crippen LogP) is -6.17. The molecule has 3 rings (SSSR count). The second-order valence-electron chi connectivity index (χ2n) is 10.9. The maximum atomic E-state index is 12.7. The van der Waals surface area contributed by atoms with Crippen molar-refractivity contribution in [3.8, 4) is 0 Å². The number of hydrogen-bond acceptors (Lipinski definition) is 15. The molecule has 3 aliphatic rings. The number of aliphatic hydroxyl groups excluding tert-OH is 3. The van der Waals surface area contributed by atoms with E-state index >= 15 is 0 Å². The van der Waals surface area contributed by atoms with Crippen LogP contribution in [-0.2, 0) is 23.7 Å². The lowest BCUT2D eigenvalue weighted by atomic mass is 9.83. The van der Waals surface area contributed by atoms with Crippen molar-refractivity contribution in [3.05, 3.63) is 0 Å². The van der Waals surface area contributed by atoms with Crippen molar-refractivity contribution >= 4 is 5.91 Å². The summed E-state index contributed by atoms with van der Waals surface area (Å²) >= 11 is 0. The third-order valence-electron chi connectivity index (χ3n) is 7.78. The van der Waals surface area contributed by atoms with Gasteiger partial charge in [0.1, 0.15) is 36.1 Å². The number of aliphatic hydroxyl groups is 4. The lowest BCUT2D eigenvalue weighted by molar-refractivity contribution is -0.307. The van der Waals surface area contributed by atoms with Gasteiger partial charge in [-0.25, -0.2) is 0 Å². The first kappa shape index (κ1) is 32.4. The van der Waals surface area contributed by atoms with Gasteiger partial charge >= 0.3 is 0 Å². The molecule has 0 aromatic carbocycles. The second-order valence-corrected chi connectivity index (χ2v) is 10.9. The van der Waals surface area contributed by atoms with Crippen LogP contribution in [0.5, 0.6) is 0 Å². The third-order valence-corrected chi connectivity index (χ3v) is 7.78. The SMILES string of the molecule is CN[C@@H]1[C@@H](O)[C@@H](O[C@@H]2[C@H](O)[C@H](O[C@H]3O[C@H](CN)CC[C@H]3N)[C@@H](N)C[C@H]2NC(=O)[C@@H](O)[C@H](N)CN)OC[C@]1(C)O. The summed E-state index contributed by atoms with van der Waals surface area (Å²) in [6, 6.07) is -4.11. The van der Waals surface area contributed by atoms with E-state index in [1.165, 1.54) is 6.92 Å². The fourth-order valence-electron chi connectivity index (χ4n) is 5.38. The number of nitrogens with two attached hydrogens (primary N) is 5. The molecule has 0 aromatic rings. The van der Waals surface area contributed by atoms with Crippen LogP contribution in [0.25, 0.3) is 0 Å². The highest BCUT2D eigenvalue weighted by molar-refractivity contribution is 5.81. The van der Waals surface area contributed by atoms with Crippen LogP contribution in [0, 0.1) is 0 Å². The fraction of sp³-hybridized carbons (Fsp3) is 0.957. The Morgan fingerprint density at radius 1 is 1.10 bits per heavy atom. The number of likely N-dealkylation sites (N-methyl/N-ethyl adjacent to an activating group) is 1. The highest BCUT2D eigenvalue weighted by Gasteiger charge is 2.52. The van der Waals surface area contributed by atoms with Gasteiger partial charge in [0, 0.05) is 19.1 Å². The van der Waals surface area contributed by atoms with Gasteiger partial charge in [0.05, 0.1) is 36.9 Å².